The molecule has 0 radical (unpaired) electrons. The van der Waals surface area contributed by atoms with Gasteiger partial charge >= 0.3 is 6.18 Å². The molecule has 1 aliphatic heterocycles. The summed E-state index contributed by atoms with van der Waals surface area (Å²) in [6, 6.07) is 4.05. The Kier molecular flexibility index (Phi) is 4.55. The fourth-order valence-electron chi connectivity index (χ4n) is 3.71. The highest BCUT2D eigenvalue weighted by molar-refractivity contribution is 5.82. The Labute approximate surface area is 166 Å². The van der Waals surface area contributed by atoms with Crippen molar-refractivity contribution in [1.29, 1.82) is 0 Å². The van der Waals surface area contributed by atoms with Crippen LogP contribution in [0.3, 0.4) is 0 Å². The van der Waals surface area contributed by atoms with Crippen LogP contribution < -0.4 is 4.90 Å². The van der Waals surface area contributed by atoms with Crippen molar-refractivity contribution in [2.75, 3.05) is 18.0 Å². The summed E-state index contributed by atoms with van der Waals surface area (Å²) in [4.78, 5) is 6.73. The quantitative estimate of drug-likeness (QED) is 0.526. The molecule has 4 rings (SSSR count). The summed E-state index contributed by atoms with van der Waals surface area (Å²) in [5.74, 6) is -0.426. The van der Waals surface area contributed by atoms with E-state index in [4.69, 9.17) is 0 Å². The summed E-state index contributed by atoms with van der Waals surface area (Å²) in [6.07, 6.45) is 0.576. The molecule has 154 valence electrons. The van der Waals surface area contributed by atoms with Gasteiger partial charge in [-0.25, -0.2) is 14.1 Å². The standard InChI is InChI=1S/C21H22F4N4/c1-13-8-15(10-16(19(13)22)21(23,24)25)29-17-12-26-18(9-14(17)11-27-29)28-6-4-20(2,3)5-7-28/h8-12H,4-7H2,1-3H3. The maximum Gasteiger partial charge on any atom is 0.419 e. The number of aromatic nitrogens is 3. The predicted octanol–water partition coefficient (Wildman–Crippen LogP) is 5.51. The number of hydrogen-bond donors (Lipinski definition) is 0. The summed E-state index contributed by atoms with van der Waals surface area (Å²) in [6.45, 7) is 7.64. The number of rotatable bonds is 2. The van der Waals surface area contributed by atoms with Gasteiger partial charge in [0.2, 0.25) is 0 Å². The molecule has 0 saturated carbocycles. The molecule has 1 saturated heterocycles. The minimum atomic E-state index is -4.78. The van der Waals surface area contributed by atoms with E-state index in [2.05, 4.69) is 28.8 Å². The van der Waals surface area contributed by atoms with E-state index in [1.165, 1.54) is 17.7 Å². The summed E-state index contributed by atoms with van der Waals surface area (Å²) in [7, 11) is 0. The number of anilines is 1. The van der Waals surface area contributed by atoms with Crippen molar-refractivity contribution in [3.8, 4) is 5.69 Å². The summed E-state index contributed by atoms with van der Waals surface area (Å²) < 4.78 is 54.9. The van der Waals surface area contributed by atoms with Crippen LogP contribution in [0.1, 0.15) is 37.8 Å². The molecule has 0 aliphatic carbocycles. The molecule has 29 heavy (non-hydrogen) atoms. The van der Waals surface area contributed by atoms with E-state index < -0.39 is 17.6 Å². The smallest absolute Gasteiger partial charge is 0.357 e. The van der Waals surface area contributed by atoms with Crippen LogP contribution in [0, 0.1) is 18.2 Å². The van der Waals surface area contributed by atoms with Gasteiger partial charge in [-0.1, -0.05) is 13.8 Å². The lowest BCUT2D eigenvalue weighted by atomic mass is 9.83. The maximum atomic E-state index is 14.0. The second-order valence-corrected chi connectivity index (χ2v) is 8.43. The van der Waals surface area contributed by atoms with Gasteiger partial charge in [0, 0.05) is 18.5 Å². The van der Waals surface area contributed by atoms with Crippen molar-refractivity contribution >= 4 is 16.7 Å². The Morgan fingerprint density at radius 2 is 1.72 bits per heavy atom. The molecule has 0 bridgehead atoms. The minimum absolute atomic E-state index is 0.0843. The first-order valence-corrected chi connectivity index (χ1v) is 9.52. The van der Waals surface area contributed by atoms with Gasteiger partial charge < -0.3 is 4.90 Å². The Morgan fingerprint density at radius 3 is 2.38 bits per heavy atom. The molecule has 0 atom stereocenters. The Hall–Kier alpha value is -2.64. The van der Waals surface area contributed by atoms with Crippen LogP contribution in [-0.2, 0) is 6.18 Å². The SMILES string of the molecule is Cc1cc(-n2ncc3cc(N4CCC(C)(C)CC4)ncc32)cc(C(F)(F)F)c1F. The lowest BCUT2D eigenvalue weighted by molar-refractivity contribution is -0.140. The zero-order chi connectivity index (χ0) is 21.0. The number of nitrogens with zero attached hydrogens (tertiary/aromatic N) is 4. The number of pyridine rings is 1. The molecule has 1 aliphatic rings. The lowest BCUT2D eigenvalue weighted by Crippen LogP contribution is -2.37. The minimum Gasteiger partial charge on any atom is -0.357 e. The number of piperidine rings is 1. The first kappa shape index (κ1) is 19.7. The molecule has 1 fully saturated rings. The molecule has 0 N–H and O–H groups in total. The first-order valence-electron chi connectivity index (χ1n) is 9.52. The molecule has 4 nitrogen and oxygen atoms in total. The van der Waals surface area contributed by atoms with E-state index in [-0.39, 0.29) is 11.3 Å². The van der Waals surface area contributed by atoms with Gasteiger partial charge in [0.05, 0.1) is 29.2 Å². The van der Waals surface area contributed by atoms with Gasteiger partial charge in [-0.2, -0.15) is 18.3 Å². The molecule has 8 heteroatoms. The van der Waals surface area contributed by atoms with Crippen molar-refractivity contribution in [2.24, 2.45) is 5.41 Å². The topological polar surface area (TPSA) is 34.0 Å². The molecular formula is C21H22F4N4. The number of alkyl halides is 3. The number of aryl methyl sites for hydroxylation is 1. The van der Waals surface area contributed by atoms with Gasteiger partial charge in [-0.3, -0.25) is 0 Å². The Balaban J connectivity index is 1.71. The summed E-state index contributed by atoms with van der Waals surface area (Å²) >= 11 is 0. The van der Waals surface area contributed by atoms with Gasteiger partial charge in [0.25, 0.3) is 0 Å². The third kappa shape index (κ3) is 3.68. The highest BCUT2D eigenvalue weighted by atomic mass is 19.4. The van der Waals surface area contributed by atoms with Gasteiger partial charge in [-0.15, -0.1) is 0 Å². The molecule has 3 aromatic rings. The number of halogens is 4. The Bertz CT molecular complexity index is 1060. The monoisotopic (exact) mass is 406 g/mol. The maximum absolute atomic E-state index is 14.0. The first-order chi connectivity index (χ1) is 13.5. The second kappa shape index (κ2) is 6.71. The fraction of sp³-hybridized carbons (Fsp3) is 0.429. The predicted molar refractivity (Wildman–Crippen MR) is 104 cm³/mol. The van der Waals surface area contributed by atoms with E-state index >= 15 is 0 Å². The van der Waals surface area contributed by atoms with Crippen molar-refractivity contribution in [1.82, 2.24) is 14.8 Å². The number of fused-ring (bicyclic) bond motifs is 1. The van der Waals surface area contributed by atoms with Gasteiger partial charge in [0.15, 0.2) is 0 Å². The highest BCUT2D eigenvalue weighted by Gasteiger charge is 2.35. The number of benzene rings is 1. The molecule has 0 amide bonds. The van der Waals surface area contributed by atoms with E-state index in [9.17, 15) is 17.6 Å². The van der Waals surface area contributed by atoms with Crippen molar-refractivity contribution in [3.63, 3.8) is 0 Å². The normalized spacial score (nSPS) is 17.1. The van der Waals surface area contributed by atoms with Crippen molar-refractivity contribution in [3.05, 3.63) is 47.5 Å². The van der Waals surface area contributed by atoms with Crippen LogP contribution >= 0.6 is 0 Å². The zero-order valence-corrected chi connectivity index (χ0v) is 16.5. The molecule has 2 aromatic heterocycles. The lowest BCUT2D eigenvalue weighted by Gasteiger charge is -2.37. The average molecular weight is 406 g/mol. The molecule has 0 spiro atoms. The van der Waals surface area contributed by atoms with Crippen LogP contribution in [-0.4, -0.2) is 27.9 Å². The molecule has 1 aromatic carbocycles. The fourth-order valence-corrected chi connectivity index (χ4v) is 3.71. The Morgan fingerprint density at radius 1 is 1.03 bits per heavy atom. The molecule has 3 heterocycles. The van der Waals surface area contributed by atoms with E-state index in [0.717, 1.165) is 43.2 Å². The van der Waals surface area contributed by atoms with Gasteiger partial charge in [0.1, 0.15) is 11.6 Å². The van der Waals surface area contributed by atoms with Crippen LogP contribution in [0.4, 0.5) is 23.4 Å². The highest BCUT2D eigenvalue weighted by Crippen LogP contribution is 2.35. The van der Waals surface area contributed by atoms with Gasteiger partial charge in [-0.05, 0) is 48.9 Å². The van der Waals surface area contributed by atoms with Crippen molar-refractivity contribution in [2.45, 2.75) is 39.8 Å². The number of hydrogen-bond acceptors (Lipinski definition) is 3. The second-order valence-electron chi connectivity index (χ2n) is 8.43. The molecular weight excluding hydrogens is 384 g/mol. The van der Waals surface area contributed by atoms with Crippen LogP contribution in [0.2, 0.25) is 0 Å². The summed E-state index contributed by atoms with van der Waals surface area (Å²) in [5, 5.41) is 5.01. The zero-order valence-electron chi connectivity index (χ0n) is 16.5. The van der Waals surface area contributed by atoms with E-state index in [1.807, 2.05) is 6.07 Å². The van der Waals surface area contributed by atoms with E-state index in [1.54, 1.807) is 12.4 Å². The largest absolute Gasteiger partial charge is 0.419 e. The third-order valence-corrected chi connectivity index (χ3v) is 5.67. The summed E-state index contributed by atoms with van der Waals surface area (Å²) in [5.41, 5.74) is -0.330. The van der Waals surface area contributed by atoms with Crippen molar-refractivity contribution < 1.29 is 17.6 Å². The van der Waals surface area contributed by atoms with Crippen LogP contribution in [0.25, 0.3) is 16.6 Å². The van der Waals surface area contributed by atoms with Crippen LogP contribution in [0.5, 0.6) is 0 Å². The molecule has 0 unspecified atom stereocenters. The average Bonchev–Trinajstić information content (AvgIpc) is 3.06. The van der Waals surface area contributed by atoms with Crippen LogP contribution in [0.15, 0.2) is 30.6 Å². The third-order valence-electron chi connectivity index (χ3n) is 5.67. The van der Waals surface area contributed by atoms with E-state index in [0.29, 0.717) is 10.9 Å².